The fourth-order valence-corrected chi connectivity index (χ4v) is 4.62. The first-order valence-corrected chi connectivity index (χ1v) is 13.5. The maximum absolute atomic E-state index is 12.9. The molecule has 2 amide bonds. The van der Waals surface area contributed by atoms with Crippen LogP contribution in [0.15, 0.2) is 59.0 Å². The molecule has 2 aliphatic rings. The van der Waals surface area contributed by atoms with Gasteiger partial charge in [0.15, 0.2) is 24.8 Å². The number of ketones is 1. The number of amides is 2. The molecule has 10 heteroatoms. The number of carbonyl (C=O) groups is 3. The van der Waals surface area contributed by atoms with Gasteiger partial charge in [-0.2, -0.15) is 0 Å². The lowest BCUT2D eigenvalue weighted by Gasteiger charge is -2.29. The second-order valence-corrected chi connectivity index (χ2v) is 9.64. The summed E-state index contributed by atoms with van der Waals surface area (Å²) in [6.45, 7) is 6.22. The molecule has 1 fully saturated rings. The molecule has 0 atom stereocenters. The smallest absolute Gasteiger partial charge is 0.287 e. The molecular weight excluding hydrogens is 514 g/mol. The molecule has 1 aromatic heterocycles. The van der Waals surface area contributed by atoms with E-state index in [2.05, 4.69) is 17.1 Å². The van der Waals surface area contributed by atoms with Crippen LogP contribution in [-0.2, 0) is 22.5 Å². The molecule has 10 nitrogen and oxygen atoms in total. The highest BCUT2D eigenvalue weighted by molar-refractivity contribution is 6.02. The summed E-state index contributed by atoms with van der Waals surface area (Å²) in [7, 11) is 0. The molecule has 0 bridgehead atoms. The number of hydrogen-bond acceptors (Lipinski definition) is 8. The van der Waals surface area contributed by atoms with E-state index in [1.165, 1.54) is 4.90 Å². The third-order valence-corrected chi connectivity index (χ3v) is 6.92. The number of nitrogens with one attached hydrogen (secondary N) is 1. The van der Waals surface area contributed by atoms with E-state index in [1.54, 1.807) is 30.3 Å². The fraction of sp³-hybridized carbons (Fsp3) is 0.367. The monoisotopic (exact) mass is 547 g/mol. The van der Waals surface area contributed by atoms with Gasteiger partial charge < -0.3 is 23.9 Å². The van der Waals surface area contributed by atoms with Gasteiger partial charge in [0.1, 0.15) is 17.3 Å². The first-order chi connectivity index (χ1) is 19.5. The van der Waals surface area contributed by atoms with Crippen molar-refractivity contribution in [3.63, 3.8) is 0 Å². The Bertz CT molecular complexity index is 1360. The summed E-state index contributed by atoms with van der Waals surface area (Å²) in [6.07, 6.45) is 0.872. The third-order valence-electron chi connectivity index (χ3n) is 6.92. The maximum atomic E-state index is 12.9. The second-order valence-electron chi connectivity index (χ2n) is 9.64. The van der Waals surface area contributed by atoms with Crippen molar-refractivity contribution in [2.24, 2.45) is 0 Å². The van der Waals surface area contributed by atoms with Gasteiger partial charge in [-0.1, -0.05) is 19.1 Å². The van der Waals surface area contributed by atoms with Crippen LogP contribution in [0.4, 0.5) is 5.69 Å². The van der Waals surface area contributed by atoms with Crippen LogP contribution in [0, 0.1) is 0 Å². The molecule has 0 saturated carbocycles. The number of ether oxygens (including phenoxy) is 3. The van der Waals surface area contributed by atoms with Crippen LogP contribution in [0.3, 0.4) is 0 Å². The quantitative estimate of drug-likeness (QED) is 0.365. The SMILES string of the molecule is CCc1cccc(OCC(=O)c2ccc3c(c2)N(Cc2ccc(C(=O)NCCN4CCOCC4)o2)C(=O)CO3)c1. The van der Waals surface area contributed by atoms with Crippen molar-refractivity contribution in [2.45, 2.75) is 19.9 Å². The largest absolute Gasteiger partial charge is 0.485 e. The average Bonchev–Trinajstić information content (AvgIpc) is 3.46. The number of rotatable bonds is 11. The van der Waals surface area contributed by atoms with Gasteiger partial charge in [0.2, 0.25) is 0 Å². The maximum Gasteiger partial charge on any atom is 0.287 e. The van der Waals surface area contributed by atoms with Gasteiger partial charge in [-0.25, -0.2) is 0 Å². The van der Waals surface area contributed by atoms with Crippen molar-refractivity contribution in [3.8, 4) is 11.5 Å². The molecule has 1 N–H and O–H groups in total. The molecule has 0 unspecified atom stereocenters. The average molecular weight is 548 g/mol. The summed E-state index contributed by atoms with van der Waals surface area (Å²) in [4.78, 5) is 42.0. The highest BCUT2D eigenvalue weighted by Gasteiger charge is 2.28. The number of benzene rings is 2. The molecule has 2 aliphatic heterocycles. The molecule has 3 aromatic rings. The van der Waals surface area contributed by atoms with E-state index in [-0.39, 0.29) is 43.1 Å². The molecule has 40 heavy (non-hydrogen) atoms. The summed E-state index contributed by atoms with van der Waals surface area (Å²) < 4.78 is 22.4. The van der Waals surface area contributed by atoms with E-state index in [0.717, 1.165) is 31.6 Å². The number of hydrogen-bond donors (Lipinski definition) is 1. The van der Waals surface area contributed by atoms with Crippen LogP contribution in [-0.4, -0.2) is 75.1 Å². The molecule has 3 heterocycles. The van der Waals surface area contributed by atoms with E-state index in [9.17, 15) is 14.4 Å². The number of carbonyl (C=O) groups excluding carboxylic acids is 3. The Balaban J connectivity index is 1.21. The van der Waals surface area contributed by atoms with Crippen molar-refractivity contribution < 1.29 is 33.0 Å². The summed E-state index contributed by atoms with van der Waals surface area (Å²) in [5.41, 5.74) is 1.98. The zero-order valence-electron chi connectivity index (χ0n) is 22.5. The van der Waals surface area contributed by atoms with E-state index in [4.69, 9.17) is 18.6 Å². The number of fused-ring (bicyclic) bond motifs is 1. The van der Waals surface area contributed by atoms with Crippen LogP contribution in [0.5, 0.6) is 11.5 Å². The van der Waals surface area contributed by atoms with Crippen LogP contribution >= 0.6 is 0 Å². The number of furan rings is 1. The first-order valence-electron chi connectivity index (χ1n) is 13.5. The fourth-order valence-electron chi connectivity index (χ4n) is 4.62. The molecule has 2 aromatic carbocycles. The zero-order chi connectivity index (χ0) is 27.9. The van der Waals surface area contributed by atoms with Crippen LogP contribution in [0.2, 0.25) is 0 Å². The first kappa shape index (κ1) is 27.4. The van der Waals surface area contributed by atoms with Crippen LogP contribution < -0.4 is 19.7 Å². The lowest BCUT2D eigenvalue weighted by Crippen LogP contribution is -2.41. The molecule has 0 aliphatic carbocycles. The van der Waals surface area contributed by atoms with Crippen molar-refractivity contribution >= 4 is 23.3 Å². The van der Waals surface area contributed by atoms with Crippen LogP contribution in [0.1, 0.15) is 39.2 Å². The van der Waals surface area contributed by atoms with Gasteiger partial charge in [0.05, 0.1) is 25.4 Å². The minimum absolute atomic E-state index is 0.0915. The Morgan fingerprint density at radius 2 is 1.90 bits per heavy atom. The standard InChI is InChI=1S/C30H33N3O7/c1-2-21-4-3-5-23(16-21)38-19-26(34)22-6-8-27-25(17-22)33(29(35)20-39-27)18-24-7-9-28(40-24)30(36)31-10-11-32-12-14-37-15-13-32/h3-9,16-17H,2,10-15,18-20H2,1H3,(H,31,36). The Kier molecular flexibility index (Phi) is 8.78. The summed E-state index contributed by atoms with van der Waals surface area (Å²) in [6, 6.07) is 15.9. The zero-order valence-corrected chi connectivity index (χ0v) is 22.5. The van der Waals surface area contributed by atoms with E-state index >= 15 is 0 Å². The summed E-state index contributed by atoms with van der Waals surface area (Å²) in [5.74, 6) is 0.909. The predicted octanol–water partition coefficient (Wildman–Crippen LogP) is 3.09. The molecular formula is C30H33N3O7. The number of Topliss-reactive ketones (excluding diaryl/α,β-unsaturated/α-hetero) is 1. The Labute approximate surface area is 232 Å². The highest BCUT2D eigenvalue weighted by atomic mass is 16.5. The Morgan fingerprint density at radius 3 is 2.73 bits per heavy atom. The van der Waals surface area contributed by atoms with E-state index in [1.807, 2.05) is 24.3 Å². The van der Waals surface area contributed by atoms with Crippen molar-refractivity contribution in [3.05, 3.63) is 77.2 Å². The van der Waals surface area contributed by atoms with Gasteiger partial charge in [0.25, 0.3) is 11.8 Å². The number of anilines is 1. The minimum Gasteiger partial charge on any atom is -0.485 e. The summed E-state index contributed by atoms with van der Waals surface area (Å²) >= 11 is 0. The van der Waals surface area contributed by atoms with Gasteiger partial charge >= 0.3 is 0 Å². The van der Waals surface area contributed by atoms with Crippen molar-refractivity contribution in [2.75, 3.05) is 57.5 Å². The normalized spacial score (nSPS) is 15.3. The van der Waals surface area contributed by atoms with E-state index < -0.39 is 0 Å². The lowest BCUT2D eigenvalue weighted by atomic mass is 10.1. The molecule has 5 rings (SSSR count). The third kappa shape index (κ3) is 6.70. The second kappa shape index (κ2) is 12.8. The van der Waals surface area contributed by atoms with Crippen LogP contribution in [0.25, 0.3) is 0 Å². The predicted molar refractivity (Wildman–Crippen MR) is 147 cm³/mol. The minimum atomic E-state index is -0.314. The van der Waals surface area contributed by atoms with Gasteiger partial charge in [-0.05, 0) is 54.4 Å². The van der Waals surface area contributed by atoms with Gasteiger partial charge in [-0.3, -0.25) is 24.2 Å². The van der Waals surface area contributed by atoms with Crippen molar-refractivity contribution in [1.29, 1.82) is 0 Å². The van der Waals surface area contributed by atoms with Gasteiger partial charge in [-0.15, -0.1) is 0 Å². The summed E-state index contributed by atoms with van der Waals surface area (Å²) in [5, 5.41) is 2.87. The number of morpholine rings is 1. The molecule has 1 saturated heterocycles. The highest BCUT2D eigenvalue weighted by Crippen LogP contribution is 2.34. The van der Waals surface area contributed by atoms with Gasteiger partial charge in [0, 0.05) is 31.7 Å². The molecule has 210 valence electrons. The topological polar surface area (TPSA) is 111 Å². The molecule has 0 spiro atoms. The Morgan fingerprint density at radius 1 is 1.05 bits per heavy atom. The Hall–Kier alpha value is -4.15. The van der Waals surface area contributed by atoms with Crippen molar-refractivity contribution in [1.82, 2.24) is 10.2 Å². The number of aryl methyl sites for hydroxylation is 1. The lowest BCUT2D eigenvalue weighted by molar-refractivity contribution is -0.121. The molecule has 0 radical (unpaired) electrons. The van der Waals surface area contributed by atoms with E-state index in [0.29, 0.717) is 48.3 Å². The number of nitrogens with zero attached hydrogens (tertiary/aromatic N) is 2.